The van der Waals surface area contributed by atoms with Crippen molar-refractivity contribution in [2.24, 2.45) is 5.73 Å². The molecule has 0 aromatic carbocycles. The molecule has 0 aliphatic carbocycles. The molecule has 0 radical (unpaired) electrons. The number of amides is 1. The molecular weight excluding hydrogens is 196 g/mol. The van der Waals surface area contributed by atoms with Crippen molar-refractivity contribution in [1.29, 1.82) is 0 Å². The van der Waals surface area contributed by atoms with Crippen LogP contribution in [0.15, 0.2) is 0 Å². The SMILES string of the molecule is CCC(C(N)=O)N1CCSC(C)(C)C1. The van der Waals surface area contributed by atoms with E-state index in [9.17, 15) is 4.79 Å². The summed E-state index contributed by atoms with van der Waals surface area (Å²) in [5, 5.41) is 0. The first kappa shape index (κ1) is 11.9. The van der Waals surface area contributed by atoms with Crippen LogP contribution in [0.3, 0.4) is 0 Å². The van der Waals surface area contributed by atoms with Crippen LogP contribution in [0.2, 0.25) is 0 Å². The smallest absolute Gasteiger partial charge is 0.234 e. The maximum atomic E-state index is 11.2. The first-order chi connectivity index (χ1) is 6.46. The lowest BCUT2D eigenvalue weighted by Crippen LogP contribution is -2.52. The van der Waals surface area contributed by atoms with E-state index in [0.717, 1.165) is 25.3 Å². The van der Waals surface area contributed by atoms with Gasteiger partial charge in [0.2, 0.25) is 5.91 Å². The molecule has 0 aromatic heterocycles. The molecule has 1 saturated heterocycles. The summed E-state index contributed by atoms with van der Waals surface area (Å²) in [6, 6.07) is -0.0739. The number of primary amides is 1. The summed E-state index contributed by atoms with van der Waals surface area (Å²) in [5.74, 6) is 0.909. The summed E-state index contributed by atoms with van der Waals surface area (Å²) in [6.45, 7) is 8.40. The van der Waals surface area contributed by atoms with Crippen molar-refractivity contribution in [3.63, 3.8) is 0 Å². The van der Waals surface area contributed by atoms with Crippen LogP contribution in [0, 0.1) is 0 Å². The fraction of sp³-hybridized carbons (Fsp3) is 0.900. The molecule has 4 heteroatoms. The fourth-order valence-corrected chi connectivity index (χ4v) is 3.09. The molecule has 0 aromatic rings. The van der Waals surface area contributed by atoms with Crippen molar-refractivity contribution < 1.29 is 4.79 Å². The number of hydrogen-bond acceptors (Lipinski definition) is 3. The van der Waals surface area contributed by atoms with Crippen LogP contribution in [0.1, 0.15) is 27.2 Å². The summed E-state index contributed by atoms with van der Waals surface area (Å²) in [6.07, 6.45) is 0.816. The number of hydrogen-bond donors (Lipinski definition) is 1. The second-order valence-electron chi connectivity index (χ2n) is 4.41. The Bertz CT molecular complexity index is 218. The lowest BCUT2D eigenvalue weighted by molar-refractivity contribution is -0.123. The van der Waals surface area contributed by atoms with Gasteiger partial charge >= 0.3 is 0 Å². The van der Waals surface area contributed by atoms with E-state index < -0.39 is 0 Å². The van der Waals surface area contributed by atoms with Gasteiger partial charge in [-0.3, -0.25) is 9.69 Å². The average Bonchev–Trinajstić information content (AvgIpc) is 2.02. The molecule has 1 unspecified atom stereocenters. The van der Waals surface area contributed by atoms with E-state index in [4.69, 9.17) is 5.73 Å². The Hall–Kier alpha value is -0.220. The third-order valence-corrected chi connectivity index (χ3v) is 3.91. The molecular formula is C10H20N2OS. The molecule has 0 spiro atoms. The van der Waals surface area contributed by atoms with Gasteiger partial charge in [-0.15, -0.1) is 0 Å². The van der Waals surface area contributed by atoms with Crippen molar-refractivity contribution >= 4 is 17.7 Å². The van der Waals surface area contributed by atoms with Crippen molar-refractivity contribution in [2.75, 3.05) is 18.8 Å². The lowest BCUT2D eigenvalue weighted by Gasteiger charge is -2.40. The van der Waals surface area contributed by atoms with Gasteiger partial charge in [-0.1, -0.05) is 6.92 Å². The van der Waals surface area contributed by atoms with E-state index in [0.29, 0.717) is 0 Å². The number of nitrogens with zero attached hydrogens (tertiary/aromatic N) is 1. The molecule has 1 atom stereocenters. The highest BCUT2D eigenvalue weighted by Gasteiger charge is 2.32. The van der Waals surface area contributed by atoms with Crippen LogP contribution in [-0.2, 0) is 4.79 Å². The molecule has 1 aliphatic rings. The van der Waals surface area contributed by atoms with Crippen LogP contribution in [-0.4, -0.2) is 40.4 Å². The van der Waals surface area contributed by atoms with Gasteiger partial charge < -0.3 is 5.73 Å². The highest BCUT2D eigenvalue weighted by molar-refractivity contribution is 8.00. The topological polar surface area (TPSA) is 46.3 Å². The van der Waals surface area contributed by atoms with Gasteiger partial charge in [0.15, 0.2) is 0 Å². The Morgan fingerprint density at radius 3 is 2.71 bits per heavy atom. The molecule has 14 heavy (non-hydrogen) atoms. The largest absolute Gasteiger partial charge is 0.368 e. The second kappa shape index (κ2) is 4.53. The van der Waals surface area contributed by atoms with Crippen molar-refractivity contribution in [1.82, 2.24) is 4.90 Å². The Kier molecular flexibility index (Phi) is 3.84. The zero-order valence-electron chi connectivity index (χ0n) is 9.25. The quantitative estimate of drug-likeness (QED) is 0.768. The van der Waals surface area contributed by atoms with Crippen LogP contribution in [0.4, 0.5) is 0 Å². The molecule has 1 rings (SSSR count). The van der Waals surface area contributed by atoms with Gasteiger partial charge in [-0.2, -0.15) is 11.8 Å². The van der Waals surface area contributed by atoms with E-state index in [2.05, 4.69) is 18.7 Å². The minimum absolute atomic E-state index is 0.0739. The first-order valence-electron chi connectivity index (χ1n) is 5.13. The van der Waals surface area contributed by atoms with Gasteiger partial charge in [0.1, 0.15) is 0 Å². The first-order valence-corrected chi connectivity index (χ1v) is 6.12. The van der Waals surface area contributed by atoms with E-state index in [1.165, 1.54) is 0 Å². The van der Waals surface area contributed by atoms with Crippen LogP contribution in [0.5, 0.6) is 0 Å². The summed E-state index contributed by atoms with van der Waals surface area (Å²) < 4.78 is 0.251. The predicted molar refractivity (Wildman–Crippen MR) is 61.4 cm³/mol. The highest BCUT2D eigenvalue weighted by Crippen LogP contribution is 2.30. The molecule has 0 saturated carbocycles. The number of rotatable bonds is 3. The van der Waals surface area contributed by atoms with E-state index >= 15 is 0 Å². The summed E-state index contributed by atoms with van der Waals surface area (Å²) in [5.41, 5.74) is 5.38. The zero-order chi connectivity index (χ0) is 10.8. The van der Waals surface area contributed by atoms with Crippen molar-refractivity contribution in [3.8, 4) is 0 Å². The van der Waals surface area contributed by atoms with Gasteiger partial charge in [-0.25, -0.2) is 0 Å². The molecule has 1 amide bonds. The van der Waals surface area contributed by atoms with Gasteiger partial charge in [0.25, 0.3) is 0 Å². The summed E-state index contributed by atoms with van der Waals surface area (Å²) in [4.78, 5) is 13.4. The Morgan fingerprint density at radius 1 is 1.64 bits per heavy atom. The normalized spacial score (nSPS) is 24.5. The van der Waals surface area contributed by atoms with Gasteiger partial charge in [0.05, 0.1) is 6.04 Å². The lowest BCUT2D eigenvalue weighted by atomic mass is 10.1. The fourth-order valence-electron chi connectivity index (χ4n) is 1.96. The number of carbonyl (C=O) groups is 1. The zero-order valence-corrected chi connectivity index (χ0v) is 10.1. The molecule has 1 fully saturated rings. The Morgan fingerprint density at radius 2 is 2.29 bits per heavy atom. The minimum atomic E-state index is -0.185. The Labute approximate surface area is 90.4 Å². The molecule has 3 nitrogen and oxygen atoms in total. The van der Waals surface area contributed by atoms with Crippen LogP contribution >= 0.6 is 11.8 Å². The van der Waals surface area contributed by atoms with Crippen molar-refractivity contribution in [3.05, 3.63) is 0 Å². The van der Waals surface area contributed by atoms with E-state index in [-0.39, 0.29) is 16.7 Å². The third kappa shape index (κ3) is 2.89. The Balaban J connectivity index is 2.62. The van der Waals surface area contributed by atoms with Gasteiger partial charge in [0, 0.05) is 23.6 Å². The predicted octanol–water partition coefficient (Wildman–Crippen LogP) is 1.08. The maximum Gasteiger partial charge on any atom is 0.234 e. The maximum absolute atomic E-state index is 11.2. The standard InChI is InChI=1S/C10H20N2OS/c1-4-8(9(11)13)12-5-6-14-10(2,3)7-12/h8H,4-7H2,1-3H3,(H2,11,13). The number of carbonyl (C=O) groups excluding carboxylic acids is 1. The van der Waals surface area contributed by atoms with Crippen LogP contribution in [0.25, 0.3) is 0 Å². The number of thioether (sulfide) groups is 1. The molecule has 0 bridgehead atoms. The molecule has 1 heterocycles. The third-order valence-electron chi connectivity index (χ3n) is 2.61. The van der Waals surface area contributed by atoms with E-state index in [1.54, 1.807) is 0 Å². The second-order valence-corrected chi connectivity index (χ2v) is 6.21. The van der Waals surface area contributed by atoms with Gasteiger partial charge in [-0.05, 0) is 20.3 Å². The van der Waals surface area contributed by atoms with E-state index in [1.807, 2.05) is 18.7 Å². The summed E-state index contributed by atoms with van der Waals surface area (Å²) in [7, 11) is 0. The highest BCUT2D eigenvalue weighted by atomic mass is 32.2. The van der Waals surface area contributed by atoms with Crippen molar-refractivity contribution in [2.45, 2.75) is 38.0 Å². The number of nitrogens with two attached hydrogens (primary N) is 1. The van der Waals surface area contributed by atoms with Crippen LogP contribution < -0.4 is 5.73 Å². The monoisotopic (exact) mass is 216 g/mol. The summed E-state index contributed by atoms with van der Waals surface area (Å²) >= 11 is 1.97. The minimum Gasteiger partial charge on any atom is -0.368 e. The average molecular weight is 216 g/mol. The molecule has 82 valence electrons. The molecule has 1 aliphatic heterocycles. The molecule has 2 N–H and O–H groups in total.